The zero-order valence-corrected chi connectivity index (χ0v) is 12.9. The van der Waals surface area contributed by atoms with Gasteiger partial charge in [0.2, 0.25) is 0 Å². The highest BCUT2D eigenvalue weighted by Crippen LogP contribution is 2.34. The summed E-state index contributed by atoms with van der Waals surface area (Å²) in [5.74, 6) is 1.60. The van der Waals surface area contributed by atoms with Crippen LogP contribution in [0.25, 0.3) is 0 Å². The fourth-order valence-electron chi connectivity index (χ4n) is 3.46. The quantitative estimate of drug-likeness (QED) is 0.854. The predicted octanol–water partition coefficient (Wildman–Crippen LogP) is 3.17. The van der Waals surface area contributed by atoms with Gasteiger partial charge < -0.3 is 5.32 Å². The van der Waals surface area contributed by atoms with Gasteiger partial charge in [0.05, 0.1) is 5.69 Å². The van der Waals surface area contributed by atoms with Gasteiger partial charge in [0.15, 0.2) is 0 Å². The maximum atomic E-state index is 4.57. The summed E-state index contributed by atoms with van der Waals surface area (Å²) >= 11 is 0. The molecule has 3 nitrogen and oxygen atoms in total. The fraction of sp³-hybridized carbons (Fsp3) is 0.812. The second kappa shape index (κ2) is 6.56. The Bertz CT molecular complexity index is 397. The molecule has 0 bridgehead atoms. The molecule has 1 aromatic rings. The summed E-state index contributed by atoms with van der Waals surface area (Å²) < 4.78 is 2.18. The zero-order valence-electron chi connectivity index (χ0n) is 12.9. The molecule has 1 fully saturated rings. The maximum absolute atomic E-state index is 4.57. The molecule has 3 unspecified atom stereocenters. The van der Waals surface area contributed by atoms with Crippen LogP contribution in [0.3, 0.4) is 0 Å². The molecule has 19 heavy (non-hydrogen) atoms. The van der Waals surface area contributed by atoms with Crippen LogP contribution in [0.5, 0.6) is 0 Å². The lowest BCUT2D eigenvalue weighted by molar-refractivity contribution is 0.345. The molecular formula is C16H29N3. The number of aryl methyl sites for hydroxylation is 2. The minimum Gasteiger partial charge on any atom is -0.314 e. The van der Waals surface area contributed by atoms with Crippen molar-refractivity contribution in [2.45, 2.75) is 66.0 Å². The number of hydrogen-bond acceptors (Lipinski definition) is 2. The largest absolute Gasteiger partial charge is 0.314 e. The number of hydrogen-bond donors (Lipinski definition) is 1. The normalized spacial score (nSPS) is 27.1. The van der Waals surface area contributed by atoms with E-state index in [1.165, 1.54) is 31.4 Å². The van der Waals surface area contributed by atoms with Crippen LogP contribution in [-0.4, -0.2) is 22.4 Å². The standard InChI is InChI=1S/C16H29N3/c1-5-9-17-16-8-7-14(13(16)4)11-15-10-12(3)18-19(15)6-2/h10,13-14,16-17H,5-9,11H2,1-4H3. The SMILES string of the molecule is CCCNC1CCC(Cc2cc(C)nn2CC)C1C. The number of nitrogens with zero attached hydrogens (tertiary/aromatic N) is 2. The van der Waals surface area contributed by atoms with Crippen molar-refractivity contribution >= 4 is 0 Å². The average molecular weight is 263 g/mol. The highest BCUT2D eigenvalue weighted by Gasteiger charge is 2.32. The van der Waals surface area contributed by atoms with Crippen LogP contribution >= 0.6 is 0 Å². The minimum absolute atomic E-state index is 0.726. The van der Waals surface area contributed by atoms with Crippen LogP contribution < -0.4 is 5.32 Å². The molecule has 0 saturated heterocycles. The van der Waals surface area contributed by atoms with E-state index in [-0.39, 0.29) is 0 Å². The Hall–Kier alpha value is -0.830. The lowest BCUT2D eigenvalue weighted by Crippen LogP contribution is -2.33. The molecule has 0 aliphatic heterocycles. The van der Waals surface area contributed by atoms with Crippen molar-refractivity contribution < 1.29 is 0 Å². The van der Waals surface area contributed by atoms with Crippen LogP contribution in [0.4, 0.5) is 0 Å². The van der Waals surface area contributed by atoms with E-state index in [4.69, 9.17) is 0 Å². The Morgan fingerprint density at radius 1 is 1.37 bits per heavy atom. The Labute approximate surface area is 117 Å². The third kappa shape index (κ3) is 3.38. The van der Waals surface area contributed by atoms with E-state index in [1.54, 1.807) is 0 Å². The van der Waals surface area contributed by atoms with E-state index in [9.17, 15) is 0 Å². The molecule has 2 rings (SSSR count). The summed E-state index contributed by atoms with van der Waals surface area (Å²) in [4.78, 5) is 0. The molecule has 1 aromatic heterocycles. The van der Waals surface area contributed by atoms with E-state index in [1.807, 2.05) is 0 Å². The van der Waals surface area contributed by atoms with Gasteiger partial charge in [-0.2, -0.15) is 5.10 Å². The van der Waals surface area contributed by atoms with Gasteiger partial charge in [-0.05, 0) is 64.0 Å². The monoisotopic (exact) mass is 263 g/mol. The third-order valence-corrected chi connectivity index (χ3v) is 4.64. The summed E-state index contributed by atoms with van der Waals surface area (Å²) in [5, 5.41) is 8.27. The van der Waals surface area contributed by atoms with Gasteiger partial charge in [-0.1, -0.05) is 13.8 Å². The first-order valence-electron chi connectivity index (χ1n) is 7.92. The van der Waals surface area contributed by atoms with Crippen molar-refractivity contribution in [3.63, 3.8) is 0 Å². The molecule has 0 radical (unpaired) electrons. The molecule has 0 amide bonds. The first kappa shape index (κ1) is 14.6. The zero-order chi connectivity index (χ0) is 13.8. The molecule has 1 heterocycles. The van der Waals surface area contributed by atoms with Crippen molar-refractivity contribution in [2.75, 3.05) is 6.54 Å². The lowest BCUT2D eigenvalue weighted by Gasteiger charge is -2.22. The fourth-order valence-corrected chi connectivity index (χ4v) is 3.46. The van der Waals surface area contributed by atoms with Crippen molar-refractivity contribution in [1.29, 1.82) is 0 Å². The first-order chi connectivity index (χ1) is 9.15. The van der Waals surface area contributed by atoms with Crippen molar-refractivity contribution in [3.8, 4) is 0 Å². The number of aromatic nitrogens is 2. The molecule has 1 aliphatic rings. The average Bonchev–Trinajstić information content (AvgIpc) is 2.92. The Morgan fingerprint density at radius 2 is 2.16 bits per heavy atom. The Morgan fingerprint density at radius 3 is 2.84 bits per heavy atom. The van der Waals surface area contributed by atoms with E-state index in [0.717, 1.165) is 36.7 Å². The third-order valence-electron chi connectivity index (χ3n) is 4.64. The van der Waals surface area contributed by atoms with Gasteiger partial charge in [0.1, 0.15) is 0 Å². The molecular weight excluding hydrogens is 234 g/mol. The van der Waals surface area contributed by atoms with Crippen LogP contribution in [0, 0.1) is 18.8 Å². The first-order valence-corrected chi connectivity index (χ1v) is 7.92. The molecule has 1 aliphatic carbocycles. The molecule has 0 aromatic carbocycles. The molecule has 1 saturated carbocycles. The molecule has 3 heteroatoms. The second-order valence-corrected chi connectivity index (χ2v) is 6.05. The summed E-state index contributed by atoms with van der Waals surface area (Å²) in [5.41, 5.74) is 2.58. The van der Waals surface area contributed by atoms with Crippen molar-refractivity contribution in [3.05, 3.63) is 17.5 Å². The highest BCUT2D eigenvalue weighted by atomic mass is 15.3. The molecule has 0 spiro atoms. The van der Waals surface area contributed by atoms with Crippen LogP contribution in [0.1, 0.15) is 51.4 Å². The van der Waals surface area contributed by atoms with Gasteiger partial charge in [-0.25, -0.2) is 0 Å². The van der Waals surface area contributed by atoms with E-state index >= 15 is 0 Å². The highest BCUT2D eigenvalue weighted by molar-refractivity contribution is 5.10. The molecule has 3 atom stereocenters. The lowest BCUT2D eigenvalue weighted by atomic mass is 9.91. The Kier molecular flexibility index (Phi) is 5.03. The maximum Gasteiger partial charge on any atom is 0.0596 e. The van der Waals surface area contributed by atoms with Crippen LogP contribution in [-0.2, 0) is 13.0 Å². The summed E-state index contributed by atoms with van der Waals surface area (Å²) in [6.07, 6.45) is 5.12. The minimum atomic E-state index is 0.726. The van der Waals surface area contributed by atoms with Crippen molar-refractivity contribution in [2.24, 2.45) is 11.8 Å². The second-order valence-electron chi connectivity index (χ2n) is 6.05. The van der Waals surface area contributed by atoms with Gasteiger partial charge in [-0.15, -0.1) is 0 Å². The van der Waals surface area contributed by atoms with Gasteiger partial charge >= 0.3 is 0 Å². The number of nitrogens with one attached hydrogen (secondary N) is 1. The van der Waals surface area contributed by atoms with Crippen molar-refractivity contribution in [1.82, 2.24) is 15.1 Å². The van der Waals surface area contributed by atoms with Gasteiger partial charge in [0.25, 0.3) is 0 Å². The van der Waals surface area contributed by atoms with Gasteiger partial charge in [-0.3, -0.25) is 4.68 Å². The topological polar surface area (TPSA) is 29.9 Å². The van der Waals surface area contributed by atoms with Crippen LogP contribution in [0.15, 0.2) is 6.07 Å². The molecule has 1 N–H and O–H groups in total. The van der Waals surface area contributed by atoms with E-state index in [0.29, 0.717) is 0 Å². The van der Waals surface area contributed by atoms with E-state index < -0.39 is 0 Å². The van der Waals surface area contributed by atoms with Crippen LogP contribution in [0.2, 0.25) is 0 Å². The smallest absolute Gasteiger partial charge is 0.0596 e. The number of rotatable bonds is 6. The summed E-state index contributed by atoms with van der Waals surface area (Å²) in [6.45, 7) is 11.1. The Balaban J connectivity index is 1.96. The van der Waals surface area contributed by atoms with E-state index in [2.05, 4.69) is 48.9 Å². The predicted molar refractivity (Wildman–Crippen MR) is 80.3 cm³/mol. The summed E-state index contributed by atoms with van der Waals surface area (Å²) in [6, 6.07) is 2.99. The summed E-state index contributed by atoms with van der Waals surface area (Å²) in [7, 11) is 0. The van der Waals surface area contributed by atoms with Gasteiger partial charge in [0, 0.05) is 18.3 Å². The molecule has 108 valence electrons.